The van der Waals surface area contributed by atoms with Gasteiger partial charge in [-0.25, -0.2) is 9.97 Å². The van der Waals surface area contributed by atoms with Crippen LogP contribution in [0, 0.1) is 5.92 Å². The molecular weight excluding hydrogens is 278 g/mol. The van der Waals surface area contributed by atoms with E-state index < -0.39 is 0 Å². The monoisotopic (exact) mass is 295 g/mol. The predicted molar refractivity (Wildman–Crippen MR) is 82.1 cm³/mol. The third-order valence-corrected chi connectivity index (χ3v) is 4.99. The second kappa shape index (κ2) is 5.63. The number of anilines is 1. The predicted octanol–water partition coefficient (Wildman–Crippen LogP) is 4.73. The van der Waals surface area contributed by atoms with Crippen molar-refractivity contribution < 1.29 is 0 Å². The molecule has 1 aliphatic rings. The topological polar surface area (TPSA) is 37.8 Å². The maximum atomic E-state index is 5.99. The van der Waals surface area contributed by atoms with Crippen LogP contribution in [0.2, 0.25) is 5.28 Å². The minimum atomic E-state index is 0.327. The van der Waals surface area contributed by atoms with Gasteiger partial charge in [0.05, 0.1) is 5.39 Å². The van der Waals surface area contributed by atoms with Crippen LogP contribution in [0.3, 0.4) is 0 Å². The number of thiophene rings is 1. The molecular formula is C14H18ClN3S. The first kappa shape index (κ1) is 13.1. The van der Waals surface area contributed by atoms with Crippen LogP contribution < -0.4 is 5.32 Å². The van der Waals surface area contributed by atoms with Gasteiger partial charge in [-0.1, -0.05) is 19.3 Å². The molecule has 0 aromatic carbocycles. The van der Waals surface area contributed by atoms with Crippen molar-refractivity contribution in [2.45, 2.75) is 45.1 Å². The summed E-state index contributed by atoms with van der Waals surface area (Å²) in [6, 6.07) is 2.50. The molecule has 1 saturated carbocycles. The number of nitrogens with zero attached hydrogens (tertiary/aromatic N) is 2. The van der Waals surface area contributed by atoms with Gasteiger partial charge in [-0.3, -0.25) is 0 Å². The van der Waals surface area contributed by atoms with E-state index in [0.717, 1.165) is 22.0 Å². The molecule has 0 amide bonds. The van der Waals surface area contributed by atoms with Crippen molar-refractivity contribution in [2.75, 3.05) is 5.32 Å². The molecule has 1 atom stereocenters. The number of halogens is 1. The zero-order valence-corrected chi connectivity index (χ0v) is 12.6. The van der Waals surface area contributed by atoms with Gasteiger partial charge in [-0.15, -0.1) is 11.3 Å². The van der Waals surface area contributed by atoms with Crippen LogP contribution >= 0.6 is 22.9 Å². The van der Waals surface area contributed by atoms with Crippen molar-refractivity contribution in [3.05, 3.63) is 16.7 Å². The average molecular weight is 296 g/mol. The van der Waals surface area contributed by atoms with E-state index in [9.17, 15) is 0 Å². The summed E-state index contributed by atoms with van der Waals surface area (Å²) in [4.78, 5) is 9.56. The molecule has 1 unspecified atom stereocenters. The Hall–Kier alpha value is -0.870. The number of fused-ring (bicyclic) bond motifs is 1. The number of hydrogen-bond acceptors (Lipinski definition) is 4. The van der Waals surface area contributed by atoms with E-state index in [1.165, 1.54) is 32.1 Å². The first-order valence-electron chi connectivity index (χ1n) is 6.91. The number of rotatable bonds is 3. The highest BCUT2D eigenvalue weighted by Gasteiger charge is 2.21. The van der Waals surface area contributed by atoms with E-state index in [1.807, 2.05) is 5.38 Å². The van der Waals surface area contributed by atoms with Gasteiger partial charge in [0, 0.05) is 6.04 Å². The Balaban J connectivity index is 1.82. The lowest BCUT2D eigenvalue weighted by Crippen LogP contribution is -2.28. The molecule has 2 aromatic rings. The molecule has 0 spiro atoms. The summed E-state index contributed by atoms with van der Waals surface area (Å²) in [5.41, 5.74) is 0. The van der Waals surface area contributed by atoms with Crippen molar-refractivity contribution in [1.82, 2.24) is 9.97 Å². The highest BCUT2D eigenvalue weighted by Crippen LogP contribution is 2.31. The molecule has 5 heteroatoms. The van der Waals surface area contributed by atoms with Crippen molar-refractivity contribution in [3.8, 4) is 0 Å². The van der Waals surface area contributed by atoms with E-state index in [-0.39, 0.29) is 0 Å². The molecule has 3 rings (SSSR count). The molecule has 2 aromatic heterocycles. The van der Waals surface area contributed by atoms with E-state index >= 15 is 0 Å². The highest BCUT2D eigenvalue weighted by molar-refractivity contribution is 7.16. The molecule has 1 fully saturated rings. The summed E-state index contributed by atoms with van der Waals surface area (Å²) in [5.74, 6) is 1.63. The third kappa shape index (κ3) is 2.84. The van der Waals surface area contributed by atoms with Crippen LogP contribution in [-0.2, 0) is 0 Å². The fraction of sp³-hybridized carbons (Fsp3) is 0.571. The summed E-state index contributed by atoms with van der Waals surface area (Å²) < 4.78 is 0. The number of hydrogen-bond donors (Lipinski definition) is 1. The zero-order chi connectivity index (χ0) is 13.2. The third-order valence-electron chi connectivity index (χ3n) is 4.02. The Morgan fingerprint density at radius 1 is 1.32 bits per heavy atom. The SMILES string of the molecule is CC(Nc1nc(Cl)nc2sccc12)C1CCCCC1. The van der Waals surface area contributed by atoms with Gasteiger partial charge in [0.1, 0.15) is 10.6 Å². The quantitative estimate of drug-likeness (QED) is 0.832. The molecule has 2 heterocycles. The van der Waals surface area contributed by atoms with Gasteiger partial charge in [0.25, 0.3) is 0 Å². The molecule has 0 bridgehead atoms. The first-order valence-corrected chi connectivity index (χ1v) is 8.17. The van der Waals surface area contributed by atoms with E-state index in [0.29, 0.717) is 11.3 Å². The fourth-order valence-corrected chi connectivity index (χ4v) is 3.89. The minimum Gasteiger partial charge on any atom is -0.367 e. The largest absolute Gasteiger partial charge is 0.367 e. The van der Waals surface area contributed by atoms with Gasteiger partial charge in [-0.05, 0) is 48.7 Å². The van der Waals surface area contributed by atoms with Crippen LogP contribution in [0.1, 0.15) is 39.0 Å². The van der Waals surface area contributed by atoms with Crippen LogP contribution in [0.15, 0.2) is 11.4 Å². The Labute approximate surface area is 122 Å². The van der Waals surface area contributed by atoms with Gasteiger partial charge in [-0.2, -0.15) is 0 Å². The lowest BCUT2D eigenvalue weighted by Gasteiger charge is -2.28. The van der Waals surface area contributed by atoms with E-state index in [2.05, 4.69) is 28.3 Å². The summed E-state index contributed by atoms with van der Waals surface area (Å²) in [6.07, 6.45) is 6.74. The van der Waals surface area contributed by atoms with Crippen molar-refractivity contribution in [1.29, 1.82) is 0 Å². The Morgan fingerprint density at radius 2 is 2.11 bits per heavy atom. The van der Waals surface area contributed by atoms with Crippen LogP contribution in [-0.4, -0.2) is 16.0 Å². The minimum absolute atomic E-state index is 0.327. The molecule has 1 N–H and O–H groups in total. The van der Waals surface area contributed by atoms with Gasteiger partial charge < -0.3 is 5.32 Å². The van der Waals surface area contributed by atoms with E-state index in [1.54, 1.807) is 11.3 Å². The normalized spacial score (nSPS) is 18.6. The van der Waals surface area contributed by atoms with Crippen LogP contribution in [0.5, 0.6) is 0 Å². The average Bonchev–Trinajstić information content (AvgIpc) is 2.88. The summed E-state index contributed by atoms with van der Waals surface area (Å²) in [7, 11) is 0. The standard InChI is InChI=1S/C14H18ClN3S/c1-9(10-5-3-2-4-6-10)16-12-11-7-8-19-13(11)18-14(15)17-12/h7-10H,2-6H2,1H3,(H,16,17,18). The lowest BCUT2D eigenvalue weighted by molar-refractivity contribution is 0.328. The van der Waals surface area contributed by atoms with E-state index in [4.69, 9.17) is 11.6 Å². The second-order valence-corrected chi connectivity index (χ2v) is 6.54. The zero-order valence-electron chi connectivity index (χ0n) is 11.0. The number of nitrogens with one attached hydrogen (secondary N) is 1. The Bertz CT molecular complexity index is 563. The fourth-order valence-electron chi connectivity index (χ4n) is 2.91. The van der Waals surface area contributed by atoms with Crippen LogP contribution in [0.4, 0.5) is 5.82 Å². The Morgan fingerprint density at radius 3 is 2.89 bits per heavy atom. The summed E-state index contributed by atoms with van der Waals surface area (Å²) in [5, 5.41) is 6.99. The molecule has 3 nitrogen and oxygen atoms in total. The summed E-state index contributed by atoms with van der Waals surface area (Å²) >= 11 is 7.60. The second-order valence-electron chi connectivity index (χ2n) is 5.31. The first-order chi connectivity index (χ1) is 9.24. The molecule has 102 valence electrons. The molecule has 0 radical (unpaired) electrons. The highest BCUT2D eigenvalue weighted by atomic mass is 35.5. The lowest BCUT2D eigenvalue weighted by atomic mass is 9.84. The number of aromatic nitrogens is 2. The maximum Gasteiger partial charge on any atom is 0.225 e. The van der Waals surface area contributed by atoms with Crippen molar-refractivity contribution in [3.63, 3.8) is 0 Å². The summed E-state index contributed by atoms with van der Waals surface area (Å²) in [6.45, 7) is 2.25. The smallest absolute Gasteiger partial charge is 0.225 e. The molecule has 19 heavy (non-hydrogen) atoms. The Kier molecular flexibility index (Phi) is 3.89. The molecule has 1 aliphatic carbocycles. The van der Waals surface area contributed by atoms with Gasteiger partial charge in [0.2, 0.25) is 5.28 Å². The van der Waals surface area contributed by atoms with Gasteiger partial charge >= 0.3 is 0 Å². The van der Waals surface area contributed by atoms with Crippen molar-refractivity contribution >= 4 is 39.0 Å². The molecule has 0 aliphatic heterocycles. The molecule has 0 saturated heterocycles. The van der Waals surface area contributed by atoms with Gasteiger partial charge in [0.15, 0.2) is 0 Å². The maximum absolute atomic E-state index is 5.99. The van der Waals surface area contributed by atoms with Crippen molar-refractivity contribution in [2.24, 2.45) is 5.92 Å². The van der Waals surface area contributed by atoms with Crippen LogP contribution in [0.25, 0.3) is 10.2 Å².